The summed E-state index contributed by atoms with van der Waals surface area (Å²) in [5.41, 5.74) is 0. The molecule has 0 aromatic heterocycles. The summed E-state index contributed by atoms with van der Waals surface area (Å²) in [5, 5.41) is 0. The Labute approximate surface area is 80.2 Å². The molecular weight excluding hydrogens is 188 g/mol. The Morgan fingerprint density at radius 3 is 2.92 bits per heavy atom. The van der Waals surface area contributed by atoms with Gasteiger partial charge in [0.05, 0.1) is 12.7 Å². The van der Waals surface area contributed by atoms with Crippen molar-refractivity contribution >= 4 is 9.73 Å². The topological polar surface area (TPSA) is 53.4 Å². The third kappa shape index (κ3) is 4.59. The molecule has 1 heterocycles. The molecule has 13 heavy (non-hydrogen) atoms. The van der Waals surface area contributed by atoms with Crippen LogP contribution >= 0.6 is 0 Å². The van der Waals surface area contributed by atoms with Crippen molar-refractivity contribution in [2.45, 2.75) is 12.5 Å². The molecule has 1 saturated heterocycles. The Morgan fingerprint density at radius 1 is 1.69 bits per heavy atom. The van der Waals surface area contributed by atoms with Gasteiger partial charge in [-0.05, 0) is 13.5 Å². The molecule has 0 spiro atoms. The lowest BCUT2D eigenvalue weighted by atomic mass is 10.2. The third-order valence-corrected chi connectivity index (χ3v) is 3.19. The molecule has 78 valence electrons. The maximum atomic E-state index is 11.1. The Kier molecular flexibility index (Phi) is 3.70. The van der Waals surface area contributed by atoms with Crippen molar-refractivity contribution < 1.29 is 8.95 Å². The van der Waals surface area contributed by atoms with E-state index in [2.05, 4.69) is 11.9 Å². The molecule has 2 atom stereocenters. The van der Waals surface area contributed by atoms with Crippen molar-refractivity contribution in [2.24, 2.45) is 0 Å². The van der Waals surface area contributed by atoms with E-state index in [0.717, 1.165) is 26.1 Å². The second-order valence-corrected chi connectivity index (χ2v) is 6.17. The quantitative estimate of drug-likeness (QED) is 0.726. The Morgan fingerprint density at radius 2 is 2.38 bits per heavy atom. The third-order valence-electron chi connectivity index (χ3n) is 2.17. The van der Waals surface area contributed by atoms with Crippen LogP contribution in [0.1, 0.15) is 6.42 Å². The number of likely N-dealkylation sites (N-methyl/N-ethyl adjacent to an activating group) is 1. The first-order chi connectivity index (χ1) is 5.97. The first kappa shape index (κ1) is 10.9. The highest BCUT2D eigenvalue weighted by Crippen LogP contribution is 2.07. The smallest absolute Gasteiger partial charge is 0.0711 e. The number of morpholine rings is 1. The van der Waals surface area contributed by atoms with E-state index in [4.69, 9.17) is 9.52 Å². The predicted octanol–water partition coefficient (Wildman–Crippen LogP) is 0.384. The summed E-state index contributed by atoms with van der Waals surface area (Å²) in [7, 11) is -0.284. The number of nitrogens with zero attached hydrogens (tertiary/aromatic N) is 1. The van der Waals surface area contributed by atoms with E-state index in [9.17, 15) is 4.21 Å². The molecule has 0 radical (unpaired) electrons. The van der Waals surface area contributed by atoms with Crippen LogP contribution in [0.25, 0.3) is 0 Å². The molecule has 0 amide bonds. The monoisotopic (exact) mass is 206 g/mol. The van der Waals surface area contributed by atoms with Gasteiger partial charge in [0.2, 0.25) is 0 Å². The van der Waals surface area contributed by atoms with Gasteiger partial charge < -0.3 is 9.64 Å². The lowest BCUT2D eigenvalue weighted by Crippen LogP contribution is -2.40. The Balaban J connectivity index is 2.29. The molecule has 1 N–H and O–H groups in total. The van der Waals surface area contributed by atoms with Crippen molar-refractivity contribution in [1.29, 1.82) is 4.78 Å². The van der Waals surface area contributed by atoms with Crippen LogP contribution in [0.3, 0.4) is 0 Å². The van der Waals surface area contributed by atoms with Gasteiger partial charge in [-0.25, -0.2) is 0 Å². The van der Waals surface area contributed by atoms with Gasteiger partial charge in [-0.15, -0.1) is 0 Å². The average Bonchev–Trinajstić information content (AvgIpc) is 2.00. The number of ether oxygens (including phenoxy) is 1. The highest BCUT2D eigenvalue weighted by atomic mass is 32.2. The van der Waals surface area contributed by atoms with E-state index in [-0.39, 0.29) is 6.10 Å². The molecule has 1 rings (SSSR count). The van der Waals surface area contributed by atoms with Crippen molar-refractivity contribution in [3.63, 3.8) is 0 Å². The second kappa shape index (κ2) is 4.39. The molecule has 0 aromatic rings. The highest BCUT2D eigenvalue weighted by Gasteiger charge is 2.18. The van der Waals surface area contributed by atoms with Gasteiger partial charge in [-0.3, -0.25) is 8.99 Å². The lowest BCUT2D eigenvalue weighted by Gasteiger charge is -2.29. The van der Waals surface area contributed by atoms with Crippen LogP contribution in [-0.4, -0.2) is 54.0 Å². The van der Waals surface area contributed by atoms with Gasteiger partial charge in [0.15, 0.2) is 0 Å². The maximum Gasteiger partial charge on any atom is 0.0711 e. The van der Waals surface area contributed by atoms with Gasteiger partial charge in [-0.2, -0.15) is 0 Å². The predicted molar refractivity (Wildman–Crippen MR) is 53.5 cm³/mol. The first-order valence-corrected chi connectivity index (χ1v) is 6.62. The molecule has 0 saturated carbocycles. The second-order valence-electron chi connectivity index (χ2n) is 3.75. The van der Waals surface area contributed by atoms with E-state index in [1.54, 1.807) is 0 Å². The molecule has 2 unspecified atom stereocenters. The van der Waals surface area contributed by atoms with E-state index >= 15 is 0 Å². The van der Waals surface area contributed by atoms with Crippen LogP contribution < -0.4 is 0 Å². The number of hydrogen-bond donors (Lipinski definition) is 1. The molecule has 0 bridgehead atoms. The summed E-state index contributed by atoms with van der Waals surface area (Å²) in [6, 6.07) is 0. The molecular formula is C8H18N2O2S. The minimum absolute atomic E-state index is 0.171. The largest absolute Gasteiger partial charge is 0.376 e. The Hall–Kier alpha value is -0.130. The molecule has 1 aliphatic heterocycles. The zero-order chi connectivity index (χ0) is 9.90. The van der Waals surface area contributed by atoms with Crippen molar-refractivity contribution in [3.8, 4) is 0 Å². The molecule has 1 fully saturated rings. The van der Waals surface area contributed by atoms with E-state index in [1.165, 1.54) is 6.26 Å². The fourth-order valence-electron chi connectivity index (χ4n) is 1.40. The fourth-order valence-corrected chi connectivity index (χ4v) is 2.11. The van der Waals surface area contributed by atoms with Gasteiger partial charge in [0, 0.05) is 34.8 Å². The van der Waals surface area contributed by atoms with Gasteiger partial charge in [-0.1, -0.05) is 0 Å². The summed E-state index contributed by atoms with van der Waals surface area (Å²) < 4.78 is 23.9. The minimum atomic E-state index is -2.34. The molecule has 4 nitrogen and oxygen atoms in total. The zero-order valence-corrected chi connectivity index (χ0v) is 9.10. The highest BCUT2D eigenvalue weighted by molar-refractivity contribution is 7.91. The average molecular weight is 206 g/mol. The summed E-state index contributed by atoms with van der Waals surface area (Å²) in [6.45, 7) is 2.62. The normalized spacial score (nSPS) is 29.8. The SMILES string of the molecule is CN1CCOC(CCS(C)(=N)=O)C1. The van der Waals surface area contributed by atoms with Crippen LogP contribution in [0.4, 0.5) is 0 Å². The fraction of sp³-hybridized carbons (Fsp3) is 1.00. The van der Waals surface area contributed by atoms with Crippen LogP contribution in [0, 0.1) is 4.78 Å². The van der Waals surface area contributed by atoms with Crippen LogP contribution in [-0.2, 0) is 14.5 Å². The van der Waals surface area contributed by atoms with Crippen molar-refractivity contribution in [1.82, 2.24) is 4.90 Å². The van der Waals surface area contributed by atoms with Crippen LogP contribution in [0.2, 0.25) is 0 Å². The first-order valence-electron chi connectivity index (χ1n) is 4.49. The maximum absolute atomic E-state index is 11.1. The lowest BCUT2D eigenvalue weighted by molar-refractivity contribution is -0.0202. The summed E-state index contributed by atoms with van der Waals surface area (Å²) >= 11 is 0. The molecule has 1 aliphatic rings. The molecule has 0 aromatic carbocycles. The Bertz CT molecular complexity index is 251. The van der Waals surface area contributed by atoms with Gasteiger partial charge in [0.1, 0.15) is 0 Å². The summed E-state index contributed by atoms with van der Waals surface area (Å²) in [6.07, 6.45) is 2.40. The number of nitrogens with one attached hydrogen (secondary N) is 1. The summed E-state index contributed by atoms with van der Waals surface area (Å²) in [5.74, 6) is 0.450. The van der Waals surface area contributed by atoms with E-state index in [1.807, 2.05) is 0 Å². The van der Waals surface area contributed by atoms with Gasteiger partial charge >= 0.3 is 0 Å². The van der Waals surface area contributed by atoms with E-state index in [0.29, 0.717) is 5.75 Å². The summed E-state index contributed by atoms with van der Waals surface area (Å²) in [4.78, 5) is 2.20. The minimum Gasteiger partial charge on any atom is -0.376 e. The van der Waals surface area contributed by atoms with Gasteiger partial charge in [0.25, 0.3) is 0 Å². The molecule has 0 aliphatic carbocycles. The van der Waals surface area contributed by atoms with Crippen molar-refractivity contribution in [3.05, 3.63) is 0 Å². The van der Waals surface area contributed by atoms with Crippen LogP contribution in [0.15, 0.2) is 0 Å². The van der Waals surface area contributed by atoms with E-state index < -0.39 is 9.73 Å². The van der Waals surface area contributed by atoms with Crippen LogP contribution in [0.5, 0.6) is 0 Å². The number of rotatable bonds is 3. The zero-order valence-electron chi connectivity index (χ0n) is 8.28. The van der Waals surface area contributed by atoms with Crippen molar-refractivity contribution in [2.75, 3.05) is 38.8 Å². The molecule has 5 heteroatoms. The standard InChI is InChI=1S/C8H18N2O2S/c1-10-4-5-12-8(7-10)3-6-13(2,9)11/h8-9H,3-7H2,1-2H3. The number of hydrogen-bond acceptors (Lipinski definition) is 4.